The molecule has 0 bridgehead atoms. The minimum absolute atomic E-state index is 0.122. The van der Waals surface area contributed by atoms with Gasteiger partial charge in [0.2, 0.25) is 0 Å². The van der Waals surface area contributed by atoms with Crippen LogP contribution < -0.4 is 0 Å². The zero-order chi connectivity index (χ0) is 16.2. The van der Waals surface area contributed by atoms with Crippen molar-refractivity contribution in [1.82, 2.24) is 9.80 Å². The van der Waals surface area contributed by atoms with E-state index in [0.29, 0.717) is 30.6 Å². The fourth-order valence-electron chi connectivity index (χ4n) is 2.80. The molecule has 0 atom stereocenters. The standard InChI is InChI=1S/C16H23F3N2O/c1-2-13-3-4-14(15(11-13)16(17,18)19)12-21-7-5-20(6-8-21)9-10-22/h3-4,11,22H,2,5-10,12H2,1H3. The molecule has 124 valence electrons. The first kappa shape index (κ1) is 17.2. The van der Waals surface area contributed by atoms with E-state index < -0.39 is 11.7 Å². The van der Waals surface area contributed by atoms with E-state index in [1.807, 2.05) is 11.8 Å². The first-order valence-electron chi connectivity index (χ1n) is 7.68. The van der Waals surface area contributed by atoms with E-state index in [0.717, 1.165) is 26.2 Å². The predicted molar refractivity (Wildman–Crippen MR) is 79.6 cm³/mol. The molecule has 6 heteroatoms. The molecule has 0 aromatic heterocycles. The van der Waals surface area contributed by atoms with Crippen molar-refractivity contribution in [2.24, 2.45) is 0 Å². The van der Waals surface area contributed by atoms with Crippen molar-refractivity contribution >= 4 is 0 Å². The van der Waals surface area contributed by atoms with Crippen molar-refractivity contribution in [2.75, 3.05) is 39.3 Å². The monoisotopic (exact) mass is 316 g/mol. The molecule has 1 N–H and O–H groups in total. The highest BCUT2D eigenvalue weighted by atomic mass is 19.4. The summed E-state index contributed by atoms with van der Waals surface area (Å²) in [6.45, 7) is 5.97. The van der Waals surface area contributed by atoms with Gasteiger partial charge < -0.3 is 5.11 Å². The number of alkyl halides is 3. The second-order valence-electron chi connectivity index (χ2n) is 5.68. The van der Waals surface area contributed by atoms with Crippen LogP contribution in [0.3, 0.4) is 0 Å². The van der Waals surface area contributed by atoms with Gasteiger partial charge in [0.15, 0.2) is 0 Å². The normalized spacial score (nSPS) is 17.9. The number of halogens is 3. The highest BCUT2D eigenvalue weighted by molar-refractivity contribution is 5.34. The van der Waals surface area contributed by atoms with Gasteiger partial charge in [-0.25, -0.2) is 0 Å². The summed E-state index contributed by atoms with van der Waals surface area (Å²) in [6, 6.07) is 4.67. The lowest BCUT2D eigenvalue weighted by Crippen LogP contribution is -2.46. The lowest BCUT2D eigenvalue weighted by Gasteiger charge is -2.34. The maximum atomic E-state index is 13.2. The van der Waals surface area contributed by atoms with Crippen molar-refractivity contribution in [3.05, 3.63) is 34.9 Å². The van der Waals surface area contributed by atoms with Crippen LogP contribution in [0.5, 0.6) is 0 Å². The van der Waals surface area contributed by atoms with Crippen molar-refractivity contribution in [3.8, 4) is 0 Å². The van der Waals surface area contributed by atoms with Gasteiger partial charge in [0.1, 0.15) is 0 Å². The molecule has 0 spiro atoms. The van der Waals surface area contributed by atoms with Gasteiger partial charge in [-0.05, 0) is 23.6 Å². The molecular weight excluding hydrogens is 293 g/mol. The first-order chi connectivity index (χ1) is 10.4. The summed E-state index contributed by atoms with van der Waals surface area (Å²) in [7, 11) is 0. The third-order valence-electron chi connectivity index (χ3n) is 4.16. The van der Waals surface area contributed by atoms with Gasteiger partial charge >= 0.3 is 6.18 Å². The van der Waals surface area contributed by atoms with Crippen LogP contribution in [0.2, 0.25) is 0 Å². The Hall–Kier alpha value is -1.11. The van der Waals surface area contributed by atoms with Gasteiger partial charge in [0.05, 0.1) is 12.2 Å². The van der Waals surface area contributed by atoms with E-state index in [2.05, 4.69) is 4.90 Å². The topological polar surface area (TPSA) is 26.7 Å². The van der Waals surface area contributed by atoms with E-state index in [1.165, 1.54) is 6.07 Å². The maximum absolute atomic E-state index is 13.2. The number of piperazine rings is 1. The average molecular weight is 316 g/mol. The fourth-order valence-corrected chi connectivity index (χ4v) is 2.80. The van der Waals surface area contributed by atoms with E-state index in [-0.39, 0.29) is 6.61 Å². The molecule has 3 nitrogen and oxygen atoms in total. The summed E-state index contributed by atoms with van der Waals surface area (Å²) in [5, 5.41) is 8.91. The number of nitrogens with zero attached hydrogens (tertiary/aromatic N) is 2. The second kappa shape index (κ2) is 7.44. The van der Waals surface area contributed by atoms with Crippen molar-refractivity contribution < 1.29 is 18.3 Å². The van der Waals surface area contributed by atoms with Crippen molar-refractivity contribution in [2.45, 2.75) is 26.1 Å². The second-order valence-corrected chi connectivity index (χ2v) is 5.68. The summed E-state index contributed by atoms with van der Waals surface area (Å²) >= 11 is 0. The Balaban J connectivity index is 2.07. The van der Waals surface area contributed by atoms with E-state index in [4.69, 9.17) is 5.11 Å². The average Bonchev–Trinajstić information content (AvgIpc) is 2.49. The molecule has 1 aliphatic rings. The van der Waals surface area contributed by atoms with E-state index in [9.17, 15) is 13.2 Å². The minimum atomic E-state index is -4.31. The molecule has 1 aliphatic heterocycles. The Labute approximate surface area is 129 Å². The molecule has 1 saturated heterocycles. The molecule has 22 heavy (non-hydrogen) atoms. The summed E-state index contributed by atoms with van der Waals surface area (Å²) in [5.41, 5.74) is 0.550. The van der Waals surface area contributed by atoms with Crippen LogP contribution in [0.1, 0.15) is 23.6 Å². The highest BCUT2D eigenvalue weighted by Gasteiger charge is 2.34. The number of hydrogen-bond donors (Lipinski definition) is 1. The molecule has 1 aromatic carbocycles. The Morgan fingerprint density at radius 2 is 1.73 bits per heavy atom. The van der Waals surface area contributed by atoms with E-state index in [1.54, 1.807) is 12.1 Å². The van der Waals surface area contributed by atoms with Crippen molar-refractivity contribution in [3.63, 3.8) is 0 Å². The quantitative estimate of drug-likeness (QED) is 0.903. The van der Waals surface area contributed by atoms with Crippen LogP contribution >= 0.6 is 0 Å². The smallest absolute Gasteiger partial charge is 0.395 e. The number of aliphatic hydroxyl groups is 1. The highest BCUT2D eigenvalue weighted by Crippen LogP contribution is 2.33. The predicted octanol–water partition coefficient (Wildman–Crippen LogP) is 2.38. The third kappa shape index (κ3) is 4.44. The van der Waals surface area contributed by atoms with Gasteiger partial charge in [-0.1, -0.05) is 19.1 Å². The molecule has 2 rings (SSSR count). The van der Waals surface area contributed by atoms with Gasteiger partial charge in [-0.15, -0.1) is 0 Å². The van der Waals surface area contributed by atoms with Crippen LogP contribution in [0.25, 0.3) is 0 Å². The molecule has 0 saturated carbocycles. The Bertz CT molecular complexity index is 483. The Morgan fingerprint density at radius 1 is 1.09 bits per heavy atom. The lowest BCUT2D eigenvalue weighted by atomic mass is 10.0. The molecule has 1 heterocycles. The largest absolute Gasteiger partial charge is 0.416 e. The molecule has 0 radical (unpaired) electrons. The zero-order valence-corrected chi connectivity index (χ0v) is 12.9. The summed E-state index contributed by atoms with van der Waals surface area (Å²) in [6.07, 6.45) is -3.71. The molecule has 1 aromatic rings. The number of β-amino-alcohol motifs (C(OH)–C–C–N with tert-alkyl or cyclic N) is 1. The Morgan fingerprint density at radius 3 is 2.27 bits per heavy atom. The summed E-state index contributed by atoms with van der Waals surface area (Å²) < 4.78 is 39.7. The van der Waals surface area contributed by atoms with Crippen LogP contribution in [0.4, 0.5) is 13.2 Å². The first-order valence-corrected chi connectivity index (χ1v) is 7.68. The molecule has 0 amide bonds. The molecule has 0 unspecified atom stereocenters. The van der Waals surface area contributed by atoms with Crippen LogP contribution in [-0.2, 0) is 19.1 Å². The number of benzene rings is 1. The van der Waals surface area contributed by atoms with E-state index >= 15 is 0 Å². The Kier molecular flexibility index (Phi) is 5.83. The van der Waals surface area contributed by atoms with Crippen molar-refractivity contribution in [1.29, 1.82) is 0 Å². The van der Waals surface area contributed by atoms with Crippen LogP contribution in [0, 0.1) is 0 Å². The SMILES string of the molecule is CCc1ccc(CN2CCN(CCO)CC2)c(C(F)(F)F)c1. The maximum Gasteiger partial charge on any atom is 0.416 e. The number of aliphatic hydroxyl groups excluding tert-OH is 1. The molecule has 1 fully saturated rings. The third-order valence-corrected chi connectivity index (χ3v) is 4.16. The zero-order valence-electron chi connectivity index (χ0n) is 12.9. The van der Waals surface area contributed by atoms with Crippen LogP contribution in [0.15, 0.2) is 18.2 Å². The summed E-state index contributed by atoms with van der Waals surface area (Å²) in [5.74, 6) is 0. The lowest BCUT2D eigenvalue weighted by molar-refractivity contribution is -0.138. The van der Waals surface area contributed by atoms with Crippen LogP contribution in [-0.4, -0.2) is 54.2 Å². The fraction of sp³-hybridized carbons (Fsp3) is 0.625. The van der Waals surface area contributed by atoms with Gasteiger partial charge in [-0.3, -0.25) is 9.80 Å². The minimum Gasteiger partial charge on any atom is -0.395 e. The summed E-state index contributed by atoms with van der Waals surface area (Å²) in [4.78, 5) is 4.17. The van der Waals surface area contributed by atoms with Gasteiger partial charge in [-0.2, -0.15) is 13.2 Å². The molecular formula is C16H23F3N2O. The number of rotatable bonds is 5. The number of hydrogen-bond acceptors (Lipinski definition) is 3. The number of aryl methyl sites for hydroxylation is 1. The van der Waals surface area contributed by atoms with Gasteiger partial charge in [0, 0.05) is 39.3 Å². The molecule has 0 aliphatic carbocycles. The van der Waals surface area contributed by atoms with Gasteiger partial charge in [0.25, 0.3) is 0 Å².